The average Bonchev–Trinajstić information content (AvgIpc) is 2.84. The van der Waals surface area contributed by atoms with Crippen molar-refractivity contribution in [2.75, 3.05) is 13.7 Å². The number of carbonyl (C=O) groups is 2. The van der Waals surface area contributed by atoms with E-state index in [1.165, 1.54) is 18.4 Å². The number of nitrogens with one attached hydrogen (secondary N) is 1. The van der Waals surface area contributed by atoms with Gasteiger partial charge in [-0.25, -0.2) is 9.59 Å². The molecule has 0 aliphatic heterocycles. The van der Waals surface area contributed by atoms with Crippen LogP contribution in [0.1, 0.15) is 42.4 Å². The lowest BCUT2D eigenvalue weighted by atomic mass is 10.2. The van der Waals surface area contributed by atoms with Crippen molar-refractivity contribution < 1.29 is 19.1 Å². The Bertz CT molecular complexity index is 560. The second-order valence-electron chi connectivity index (χ2n) is 5.17. The Labute approximate surface area is 128 Å². The van der Waals surface area contributed by atoms with Gasteiger partial charge in [0.2, 0.25) is 0 Å². The molecule has 1 rings (SSSR count). The fraction of sp³-hybridized carbons (Fsp3) is 0.467. The normalized spacial score (nSPS) is 10.3. The molecule has 0 radical (unpaired) electrons. The van der Waals surface area contributed by atoms with Gasteiger partial charge in [-0.3, -0.25) is 0 Å². The van der Waals surface area contributed by atoms with Gasteiger partial charge in [-0.1, -0.05) is 11.8 Å². The monoisotopic (exact) mass is 309 g/mol. The van der Waals surface area contributed by atoms with Crippen molar-refractivity contribution in [3.05, 3.63) is 21.9 Å². The Balaban J connectivity index is 2.35. The molecule has 1 N–H and O–H groups in total. The summed E-state index contributed by atoms with van der Waals surface area (Å²) in [7, 11) is 1.34. The molecule has 1 heterocycles. The minimum Gasteiger partial charge on any atom is -0.465 e. The number of esters is 1. The van der Waals surface area contributed by atoms with E-state index in [2.05, 4.69) is 21.9 Å². The van der Waals surface area contributed by atoms with Crippen molar-refractivity contribution in [2.24, 2.45) is 0 Å². The van der Waals surface area contributed by atoms with Gasteiger partial charge in [0.25, 0.3) is 0 Å². The Kier molecular flexibility index (Phi) is 6.25. The van der Waals surface area contributed by atoms with Crippen molar-refractivity contribution >= 4 is 23.4 Å². The first-order chi connectivity index (χ1) is 9.81. The van der Waals surface area contributed by atoms with Crippen molar-refractivity contribution in [1.82, 2.24) is 5.32 Å². The first kappa shape index (κ1) is 17.1. The molecule has 114 valence electrons. The molecule has 21 heavy (non-hydrogen) atoms. The van der Waals surface area contributed by atoms with Crippen LogP contribution < -0.4 is 5.32 Å². The maximum absolute atomic E-state index is 11.4. The lowest BCUT2D eigenvalue weighted by molar-refractivity contribution is 0.0528. The van der Waals surface area contributed by atoms with E-state index in [0.29, 0.717) is 17.8 Å². The number of rotatable bonds is 3. The van der Waals surface area contributed by atoms with E-state index in [0.717, 1.165) is 5.56 Å². The standard InChI is InChI=1S/C15H19NO4S/c1-15(2,3)20-14(18)16-8-6-5-7-11-9-12(21-10-11)13(17)19-4/h9-10H,6,8H2,1-4H3,(H,16,18). The molecule has 0 bridgehead atoms. The molecule has 1 aromatic heterocycles. The molecular weight excluding hydrogens is 290 g/mol. The zero-order chi connectivity index (χ0) is 15.9. The van der Waals surface area contributed by atoms with Crippen molar-refractivity contribution in [2.45, 2.75) is 32.8 Å². The molecule has 5 nitrogen and oxygen atoms in total. The Morgan fingerprint density at radius 1 is 1.38 bits per heavy atom. The van der Waals surface area contributed by atoms with E-state index in [4.69, 9.17) is 4.74 Å². The van der Waals surface area contributed by atoms with Crippen LogP contribution in [0, 0.1) is 11.8 Å². The molecule has 0 atom stereocenters. The van der Waals surface area contributed by atoms with Gasteiger partial charge in [-0.2, -0.15) is 0 Å². The highest BCUT2D eigenvalue weighted by atomic mass is 32.1. The SMILES string of the molecule is COC(=O)c1cc(C#CCCNC(=O)OC(C)(C)C)cs1. The molecule has 1 aromatic rings. The third kappa shape index (κ3) is 6.82. The summed E-state index contributed by atoms with van der Waals surface area (Å²) >= 11 is 1.29. The summed E-state index contributed by atoms with van der Waals surface area (Å²) in [4.78, 5) is 23.2. The van der Waals surface area contributed by atoms with Crippen LogP contribution in [0.15, 0.2) is 11.4 Å². The number of ether oxygens (including phenoxy) is 2. The molecule has 0 saturated heterocycles. The highest BCUT2D eigenvalue weighted by molar-refractivity contribution is 7.12. The van der Waals surface area contributed by atoms with E-state index in [1.54, 1.807) is 11.4 Å². The molecule has 0 saturated carbocycles. The summed E-state index contributed by atoms with van der Waals surface area (Å²) in [6, 6.07) is 1.69. The first-order valence-electron chi connectivity index (χ1n) is 6.44. The van der Waals surface area contributed by atoms with Gasteiger partial charge in [0.15, 0.2) is 0 Å². The second kappa shape index (κ2) is 7.70. The van der Waals surface area contributed by atoms with Crippen LogP contribution in [0.5, 0.6) is 0 Å². The smallest absolute Gasteiger partial charge is 0.407 e. The zero-order valence-corrected chi connectivity index (χ0v) is 13.4. The summed E-state index contributed by atoms with van der Waals surface area (Å²) in [5.74, 6) is 5.49. The van der Waals surface area contributed by atoms with Gasteiger partial charge in [0, 0.05) is 23.9 Å². The third-order valence-electron chi connectivity index (χ3n) is 2.14. The zero-order valence-electron chi connectivity index (χ0n) is 12.6. The van der Waals surface area contributed by atoms with Crippen molar-refractivity contribution in [1.29, 1.82) is 0 Å². The largest absolute Gasteiger partial charge is 0.465 e. The number of thiophene rings is 1. The summed E-state index contributed by atoms with van der Waals surface area (Å²) in [5, 5.41) is 4.42. The average molecular weight is 309 g/mol. The van der Waals surface area contributed by atoms with Gasteiger partial charge in [0.05, 0.1) is 7.11 Å². The molecule has 0 aliphatic carbocycles. The van der Waals surface area contributed by atoms with Gasteiger partial charge < -0.3 is 14.8 Å². The lowest BCUT2D eigenvalue weighted by Gasteiger charge is -2.19. The van der Waals surface area contributed by atoms with Gasteiger partial charge in [-0.15, -0.1) is 11.3 Å². The van der Waals surface area contributed by atoms with E-state index < -0.39 is 11.7 Å². The highest BCUT2D eigenvalue weighted by Gasteiger charge is 2.15. The van der Waals surface area contributed by atoms with Gasteiger partial charge >= 0.3 is 12.1 Å². The fourth-order valence-electron chi connectivity index (χ4n) is 1.32. The summed E-state index contributed by atoms with van der Waals surface area (Å²) in [5.41, 5.74) is 0.258. The van der Waals surface area contributed by atoms with Crippen molar-refractivity contribution in [3.63, 3.8) is 0 Å². The fourth-order valence-corrected chi connectivity index (χ4v) is 2.07. The minimum atomic E-state index is -0.503. The van der Waals surface area contributed by atoms with Gasteiger partial charge in [-0.05, 0) is 26.8 Å². The predicted molar refractivity (Wildman–Crippen MR) is 81.4 cm³/mol. The van der Waals surface area contributed by atoms with Crippen LogP contribution in [0.25, 0.3) is 0 Å². The Morgan fingerprint density at radius 3 is 2.71 bits per heavy atom. The molecule has 0 spiro atoms. The molecule has 0 fully saturated rings. The summed E-state index contributed by atoms with van der Waals surface area (Å²) in [6.07, 6.45) is 0.0515. The molecule has 0 unspecified atom stereocenters. The van der Waals surface area contributed by atoms with Gasteiger partial charge in [0.1, 0.15) is 10.5 Å². The topological polar surface area (TPSA) is 64.6 Å². The lowest BCUT2D eigenvalue weighted by Crippen LogP contribution is -2.32. The third-order valence-corrected chi connectivity index (χ3v) is 3.05. The predicted octanol–water partition coefficient (Wildman–Crippen LogP) is 2.80. The second-order valence-corrected chi connectivity index (χ2v) is 6.08. The molecule has 1 amide bonds. The van der Waals surface area contributed by atoms with E-state index >= 15 is 0 Å². The van der Waals surface area contributed by atoms with Crippen LogP contribution in [0.2, 0.25) is 0 Å². The van der Waals surface area contributed by atoms with Crippen LogP contribution >= 0.6 is 11.3 Å². The molecule has 6 heteroatoms. The first-order valence-corrected chi connectivity index (χ1v) is 7.32. The maximum atomic E-state index is 11.4. The van der Waals surface area contributed by atoms with Crippen LogP contribution in [0.4, 0.5) is 4.79 Å². The minimum absolute atomic E-state index is 0.361. The number of methoxy groups -OCH3 is 1. The van der Waals surface area contributed by atoms with Crippen LogP contribution in [0.3, 0.4) is 0 Å². The van der Waals surface area contributed by atoms with Crippen molar-refractivity contribution in [3.8, 4) is 11.8 Å². The van der Waals surface area contributed by atoms with E-state index in [-0.39, 0.29) is 5.97 Å². The molecule has 0 aromatic carbocycles. The number of carbonyl (C=O) groups excluding carboxylic acids is 2. The molecular formula is C15H19NO4S. The maximum Gasteiger partial charge on any atom is 0.407 e. The number of alkyl carbamates (subject to hydrolysis) is 1. The summed E-state index contributed by atoms with van der Waals surface area (Å²) < 4.78 is 9.72. The van der Waals surface area contributed by atoms with E-state index in [9.17, 15) is 9.59 Å². The molecule has 0 aliphatic rings. The Hall–Kier alpha value is -2.00. The van der Waals surface area contributed by atoms with E-state index in [1.807, 2.05) is 20.8 Å². The Morgan fingerprint density at radius 2 is 2.10 bits per heavy atom. The number of hydrogen-bond donors (Lipinski definition) is 1. The quantitative estimate of drug-likeness (QED) is 0.530. The number of amides is 1. The van der Waals surface area contributed by atoms with Crippen LogP contribution in [-0.2, 0) is 9.47 Å². The highest BCUT2D eigenvalue weighted by Crippen LogP contribution is 2.14. The van der Waals surface area contributed by atoms with Crippen LogP contribution in [-0.4, -0.2) is 31.3 Å². The summed E-state index contributed by atoms with van der Waals surface area (Å²) in [6.45, 7) is 5.83. The number of hydrogen-bond acceptors (Lipinski definition) is 5.